The standard InChI is InChI=1S/C13H11BrF5NO/c14-3-1-6-2-4-20(5-6)13(21)7-8(15)10(17)12(19)11(18)9(7)16/h6H,1-5H2. The van der Waals surface area contributed by atoms with Gasteiger partial charge < -0.3 is 4.90 Å². The lowest BCUT2D eigenvalue weighted by atomic mass is 10.1. The van der Waals surface area contributed by atoms with E-state index < -0.39 is 40.6 Å². The molecule has 1 aromatic rings. The lowest BCUT2D eigenvalue weighted by molar-refractivity contribution is 0.0773. The smallest absolute Gasteiger partial charge is 0.260 e. The predicted octanol–water partition coefficient (Wildman–Crippen LogP) is 3.63. The lowest BCUT2D eigenvalue weighted by Gasteiger charge is -2.17. The highest BCUT2D eigenvalue weighted by atomic mass is 79.9. The molecule has 1 unspecified atom stereocenters. The van der Waals surface area contributed by atoms with Crippen LogP contribution in [0.4, 0.5) is 22.0 Å². The molecule has 1 atom stereocenters. The van der Waals surface area contributed by atoms with Gasteiger partial charge in [-0.1, -0.05) is 15.9 Å². The van der Waals surface area contributed by atoms with Crippen molar-refractivity contribution in [1.82, 2.24) is 4.90 Å². The number of carbonyl (C=O) groups is 1. The minimum absolute atomic E-state index is 0.148. The largest absolute Gasteiger partial charge is 0.338 e. The molecule has 0 aromatic heterocycles. The minimum atomic E-state index is -2.26. The first-order valence-electron chi connectivity index (χ1n) is 6.25. The molecule has 0 radical (unpaired) electrons. The highest BCUT2D eigenvalue weighted by Crippen LogP contribution is 2.27. The predicted molar refractivity (Wildman–Crippen MR) is 68.7 cm³/mol. The topological polar surface area (TPSA) is 20.3 Å². The summed E-state index contributed by atoms with van der Waals surface area (Å²) in [7, 11) is 0. The summed E-state index contributed by atoms with van der Waals surface area (Å²) in [5.41, 5.74) is -1.38. The van der Waals surface area contributed by atoms with E-state index in [0.29, 0.717) is 11.8 Å². The quantitative estimate of drug-likeness (QED) is 0.344. The number of halogens is 6. The third-order valence-electron chi connectivity index (χ3n) is 3.51. The second-order valence-corrected chi connectivity index (χ2v) is 5.62. The number of alkyl halides is 1. The maximum atomic E-state index is 13.6. The Morgan fingerprint density at radius 3 is 2.10 bits per heavy atom. The first-order chi connectivity index (χ1) is 9.88. The van der Waals surface area contributed by atoms with Crippen molar-refractivity contribution in [2.24, 2.45) is 5.92 Å². The molecule has 1 saturated heterocycles. The number of likely N-dealkylation sites (tertiary alicyclic amines) is 1. The van der Waals surface area contributed by atoms with Crippen LogP contribution < -0.4 is 0 Å². The van der Waals surface area contributed by atoms with Gasteiger partial charge >= 0.3 is 0 Å². The number of hydrogen-bond donors (Lipinski definition) is 0. The van der Waals surface area contributed by atoms with Crippen LogP contribution in [0.5, 0.6) is 0 Å². The molecule has 1 aromatic carbocycles. The lowest BCUT2D eigenvalue weighted by Crippen LogP contribution is -2.31. The molecular weight excluding hydrogens is 361 g/mol. The van der Waals surface area contributed by atoms with E-state index in [9.17, 15) is 26.7 Å². The van der Waals surface area contributed by atoms with Gasteiger partial charge in [0.2, 0.25) is 5.82 Å². The van der Waals surface area contributed by atoms with Gasteiger partial charge in [-0.3, -0.25) is 4.79 Å². The number of nitrogens with zero attached hydrogens (tertiary/aromatic N) is 1. The summed E-state index contributed by atoms with van der Waals surface area (Å²) in [4.78, 5) is 13.1. The van der Waals surface area contributed by atoms with Crippen molar-refractivity contribution in [3.05, 3.63) is 34.6 Å². The van der Waals surface area contributed by atoms with Crippen LogP contribution in [0.15, 0.2) is 0 Å². The Balaban J connectivity index is 2.33. The molecule has 21 heavy (non-hydrogen) atoms. The summed E-state index contributed by atoms with van der Waals surface area (Å²) in [5.74, 6) is -11.7. The van der Waals surface area contributed by atoms with Crippen LogP contribution in [0, 0.1) is 35.0 Å². The van der Waals surface area contributed by atoms with E-state index >= 15 is 0 Å². The fourth-order valence-electron chi connectivity index (χ4n) is 2.36. The van der Waals surface area contributed by atoms with E-state index in [1.807, 2.05) is 0 Å². The van der Waals surface area contributed by atoms with Crippen LogP contribution in [0.1, 0.15) is 23.2 Å². The molecule has 0 bridgehead atoms. The molecule has 1 heterocycles. The van der Waals surface area contributed by atoms with Gasteiger partial charge in [0.1, 0.15) is 5.56 Å². The van der Waals surface area contributed by atoms with Crippen LogP contribution in [0.3, 0.4) is 0 Å². The number of rotatable bonds is 3. The molecule has 0 aliphatic carbocycles. The molecule has 8 heteroatoms. The SMILES string of the molecule is O=C(c1c(F)c(F)c(F)c(F)c1F)N1CCC(CCBr)C1. The fraction of sp³-hybridized carbons (Fsp3) is 0.462. The van der Waals surface area contributed by atoms with Gasteiger partial charge in [0.05, 0.1) is 0 Å². The van der Waals surface area contributed by atoms with Crippen molar-refractivity contribution < 1.29 is 26.7 Å². The second-order valence-electron chi connectivity index (χ2n) is 4.83. The van der Waals surface area contributed by atoms with Crippen molar-refractivity contribution in [1.29, 1.82) is 0 Å². The van der Waals surface area contributed by atoms with E-state index in [2.05, 4.69) is 15.9 Å². The Labute approximate surface area is 126 Å². The molecule has 1 fully saturated rings. The van der Waals surface area contributed by atoms with E-state index in [-0.39, 0.29) is 19.0 Å². The Hall–Kier alpha value is -1.18. The van der Waals surface area contributed by atoms with Crippen LogP contribution in [0.2, 0.25) is 0 Å². The van der Waals surface area contributed by atoms with Gasteiger partial charge in [-0.05, 0) is 18.8 Å². The number of hydrogen-bond acceptors (Lipinski definition) is 1. The molecule has 1 aliphatic rings. The van der Waals surface area contributed by atoms with Crippen LogP contribution in [-0.2, 0) is 0 Å². The summed E-state index contributed by atoms with van der Waals surface area (Å²) in [6, 6.07) is 0. The summed E-state index contributed by atoms with van der Waals surface area (Å²) >= 11 is 3.25. The average molecular weight is 372 g/mol. The first kappa shape index (κ1) is 16.2. The number of benzene rings is 1. The summed E-state index contributed by atoms with van der Waals surface area (Å²) in [6.45, 7) is 0.472. The van der Waals surface area contributed by atoms with Gasteiger partial charge in [-0.25, -0.2) is 22.0 Å². The third kappa shape index (κ3) is 2.90. The van der Waals surface area contributed by atoms with Crippen molar-refractivity contribution in [3.8, 4) is 0 Å². The molecule has 2 rings (SSSR count). The van der Waals surface area contributed by atoms with Gasteiger partial charge in [0, 0.05) is 18.4 Å². The molecule has 1 amide bonds. The summed E-state index contributed by atoms with van der Waals surface area (Å²) < 4.78 is 66.3. The molecule has 0 spiro atoms. The average Bonchev–Trinajstić information content (AvgIpc) is 2.92. The number of carbonyl (C=O) groups excluding carboxylic acids is 1. The molecule has 1 aliphatic heterocycles. The van der Waals surface area contributed by atoms with Crippen molar-refractivity contribution >= 4 is 21.8 Å². The van der Waals surface area contributed by atoms with Crippen molar-refractivity contribution in [2.75, 3.05) is 18.4 Å². The zero-order valence-corrected chi connectivity index (χ0v) is 12.3. The van der Waals surface area contributed by atoms with E-state index in [1.54, 1.807) is 0 Å². The zero-order chi connectivity index (χ0) is 15.7. The summed E-state index contributed by atoms with van der Waals surface area (Å²) in [6.07, 6.45) is 1.40. The van der Waals surface area contributed by atoms with Crippen LogP contribution >= 0.6 is 15.9 Å². The first-order valence-corrected chi connectivity index (χ1v) is 7.37. The highest BCUT2D eigenvalue weighted by Gasteiger charge is 2.34. The Morgan fingerprint density at radius 1 is 1.05 bits per heavy atom. The van der Waals surface area contributed by atoms with E-state index in [0.717, 1.165) is 11.3 Å². The Morgan fingerprint density at radius 2 is 1.57 bits per heavy atom. The molecule has 0 saturated carbocycles. The van der Waals surface area contributed by atoms with Crippen LogP contribution in [-0.4, -0.2) is 29.2 Å². The van der Waals surface area contributed by atoms with Gasteiger partial charge in [-0.15, -0.1) is 0 Å². The van der Waals surface area contributed by atoms with Crippen molar-refractivity contribution in [2.45, 2.75) is 12.8 Å². The molecule has 2 nitrogen and oxygen atoms in total. The summed E-state index contributed by atoms with van der Waals surface area (Å²) in [5, 5.41) is 0.711. The third-order valence-corrected chi connectivity index (χ3v) is 3.97. The monoisotopic (exact) mass is 371 g/mol. The minimum Gasteiger partial charge on any atom is -0.338 e. The maximum absolute atomic E-state index is 13.6. The number of amides is 1. The van der Waals surface area contributed by atoms with Gasteiger partial charge in [0.25, 0.3) is 5.91 Å². The molecule has 116 valence electrons. The second kappa shape index (κ2) is 6.29. The normalized spacial score (nSPS) is 18.4. The van der Waals surface area contributed by atoms with E-state index in [4.69, 9.17) is 0 Å². The van der Waals surface area contributed by atoms with E-state index in [1.165, 1.54) is 0 Å². The molecule has 0 N–H and O–H groups in total. The zero-order valence-electron chi connectivity index (χ0n) is 10.7. The Bertz CT molecular complexity index is 551. The van der Waals surface area contributed by atoms with Crippen LogP contribution in [0.25, 0.3) is 0 Å². The fourth-order valence-corrected chi connectivity index (χ4v) is 3.01. The Kier molecular flexibility index (Phi) is 4.85. The van der Waals surface area contributed by atoms with Gasteiger partial charge in [-0.2, -0.15) is 0 Å². The van der Waals surface area contributed by atoms with Crippen molar-refractivity contribution in [3.63, 3.8) is 0 Å². The highest BCUT2D eigenvalue weighted by molar-refractivity contribution is 9.09. The van der Waals surface area contributed by atoms with Gasteiger partial charge in [0.15, 0.2) is 23.3 Å². The maximum Gasteiger partial charge on any atom is 0.260 e. The molecular formula is C13H11BrF5NO.